The molecule has 0 radical (unpaired) electrons. The van der Waals surface area contributed by atoms with Crippen molar-refractivity contribution in [2.24, 2.45) is 5.73 Å². The van der Waals surface area contributed by atoms with Gasteiger partial charge in [0, 0.05) is 19.0 Å². The lowest BCUT2D eigenvalue weighted by Gasteiger charge is -2.16. The molecule has 16 heavy (non-hydrogen) atoms. The van der Waals surface area contributed by atoms with E-state index in [-0.39, 0.29) is 11.9 Å². The van der Waals surface area contributed by atoms with Crippen molar-refractivity contribution in [2.75, 3.05) is 19.7 Å². The summed E-state index contributed by atoms with van der Waals surface area (Å²) in [6, 6.07) is 9.58. The number of nitrogens with zero attached hydrogens (tertiary/aromatic N) is 1. The number of amides is 1. The van der Waals surface area contributed by atoms with E-state index in [1.165, 1.54) is 0 Å². The van der Waals surface area contributed by atoms with Crippen LogP contribution in [0.25, 0.3) is 0 Å². The van der Waals surface area contributed by atoms with Crippen LogP contribution >= 0.6 is 0 Å². The van der Waals surface area contributed by atoms with Gasteiger partial charge in [-0.2, -0.15) is 0 Å². The molecule has 1 heterocycles. The summed E-state index contributed by atoms with van der Waals surface area (Å²) in [5.41, 5.74) is 5.70. The van der Waals surface area contributed by atoms with Crippen molar-refractivity contribution in [2.45, 2.75) is 12.5 Å². The third kappa shape index (κ3) is 2.73. The zero-order valence-electron chi connectivity index (χ0n) is 9.13. The SMILES string of the molecule is N[C@H]1CC(=O)N(CCOc2ccccc2)C1. The molecule has 2 N–H and O–H groups in total. The molecule has 1 aromatic carbocycles. The molecule has 1 atom stereocenters. The van der Waals surface area contributed by atoms with E-state index in [1.54, 1.807) is 4.90 Å². The van der Waals surface area contributed by atoms with Crippen molar-refractivity contribution in [3.63, 3.8) is 0 Å². The minimum atomic E-state index is -0.00998. The normalized spacial score (nSPS) is 20.2. The first-order chi connectivity index (χ1) is 7.75. The number of ether oxygens (including phenoxy) is 1. The largest absolute Gasteiger partial charge is 0.492 e. The fourth-order valence-corrected chi connectivity index (χ4v) is 1.81. The maximum absolute atomic E-state index is 11.4. The molecule has 0 aliphatic carbocycles. The van der Waals surface area contributed by atoms with E-state index in [0.717, 1.165) is 5.75 Å². The molecule has 1 aliphatic heterocycles. The van der Waals surface area contributed by atoms with Gasteiger partial charge in [-0.3, -0.25) is 4.79 Å². The van der Waals surface area contributed by atoms with Gasteiger partial charge in [-0.25, -0.2) is 0 Å². The lowest BCUT2D eigenvalue weighted by Crippen LogP contribution is -2.31. The molecule has 1 aromatic rings. The van der Waals surface area contributed by atoms with E-state index < -0.39 is 0 Å². The summed E-state index contributed by atoms with van der Waals surface area (Å²) in [5.74, 6) is 0.961. The van der Waals surface area contributed by atoms with Crippen LogP contribution in [0.1, 0.15) is 6.42 Å². The van der Waals surface area contributed by atoms with E-state index in [1.807, 2.05) is 30.3 Å². The molecule has 86 valence electrons. The van der Waals surface area contributed by atoms with Crippen molar-refractivity contribution < 1.29 is 9.53 Å². The molecule has 0 spiro atoms. The average molecular weight is 220 g/mol. The topological polar surface area (TPSA) is 55.6 Å². The molecule has 0 aromatic heterocycles. The second-order valence-corrected chi connectivity index (χ2v) is 3.97. The number of hydrogen-bond donors (Lipinski definition) is 1. The fourth-order valence-electron chi connectivity index (χ4n) is 1.81. The zero-order valence-corrected chi connectivity index (χ0v) is 9.13. The molecule has 1 amide bonds. The van der Waals surface area contributed by atoms with Gasteiger partial charge in [-0.05, 0) is 12.1 Å². The molecule has 0 saturated carbocycles. The Balaban J connectivity index is 1.74. The van der Waals surface area contributed by atoms with Crippen LogP contribution in [-0.4, -0.2) is 36.5 Å². The molecule has 1 saturated heterocycles. The molecule has 0 bridgehead atoms. The highest BCUT2D eigenvalue weighted by Gasteiger charge is 2.26. The second-order valence-electron chi connectivity index (χ2n) is 3.97. The molecule has 4 nitrogen and oxygen atoms in total. The van der Waals surface area contributed by atoms with Gasteiger partial charge < -0.3 is 15.4 Å². The van der Waals surface area contributed by atoms with E-state index >= 15 is 0 Å². The van der Waals surface area contributed by atoms with Gasteiger partial charge in [-0.15, -0.1) is 0 Å². The number of para-hydroxylation sites is 1. The van der Waals surface area contributed by atoms with E-state index in [2.05, 4.69) is 0 Å². The Hall–Kier alpha value is -1.55. The Morgan fingerprint density at radius 3 is 2.75 bits per heavy atom. The minimum Gasteiger partial charge on any atom is -0.492 e. The number of likely N-dealkylation sites (tertiary alicyclic amines) is 1. The molecule has 1 aliphatic rings. The highest BCUT2D eigenvalue weighted by molar-refractivity contribution is 5.79. The van der Waals surface area contributed by atoms with Gasteiger partial charge in [0.15, 0.2) is 0 Å². The highest BCUT2D eigenvalue weighted by atomic mass is 16.5. The first kappa shape index (κ1) is 11.0. The summed E-state index contributed by atoms with van der Waals surface area (Å²) in [6.45, 7) is 1.78. The predicted molar refractivity (Wildman–Crippen MR) is 61.1 cm³/mol. The third-order valence-electron chi connectivity index (χ3n) is 2.62. The van der Waals surface area contributed by atoms with Gasteiger partial charge in [0.05, 0.1) is 6.54 Å². The van der Waals surface area contributed by atoms with Gasteiger partial charge in [0.2, 0.25) is 5.91 Å². The van der Waals surface area contributed by atoms with Crippen molar-refractivity contribution in [3.05, 3.63) is 30.3 Å². The maximum Gasteiger partial charge on any atom is 0.224 e. The van der Waals surface area contributed by atoms with Crippen LogP contribution in [0.4, 0.5) is 0 Å². The number of rotatable bonds is 4. The summed E-state index contributed by atoms with van der Waals surface area (Å²) in [4.78, 5) is 13.2. The number of benzene rings is 1. The van der Waals surface area contributed by atoms with Gasteiger partial charge >= 0.3 is 0 Å². The lowest BCUT2D eigenvalue weighted by molar-refractivity contribution is -0.128. The average Bonchev–Trinajstić information content (AvgIpc) is 2.59. The summed E-state index contributed by atoms with van der Waals surface area (Å²) in [7, 11) is 0. The molecule has 2 rings (SSSR count). The van der Waals surface area contributed by atoms with E-state index in [9.17, 15) is 4.79 Å². The van der Waals surface area contributed by atoms with Crippen molar-refractivity contribution >= 4 is 5.91 Å². The number of carbonyl (C=O) groups is 1. The smallest absolute Gasteiger partial charge is 0.224 e. The number of hydrogen-bond acceptors (Lipinski definition) is 3. The van der Waals surface area contributed by atoms with Crippen molar-refractivity contribution in [1.82, 2.24) is 4.90 Å². The van der Waals surface area contributed by atoms with E-state index in [0.29, 0.717) is 26.1 Å². The quantitative estimate of drug-likeness (QED) is 0.809. The van der Waals surface area contributed by atoms with Crippen molar-refractivity contribution in [1.29, 1.82) is 0 Å². The number of nitrogens with two attached hydrogens (primary N) is 1. The van der Waals surface area contributed by atoms with Gasteiger partial charge in [0.1, 0.15) is 12.4 Å². The van der Waals surface area contributed by atoms with Gasteiger partial charge in [0.25, 0.3) is 0 Å². The van der Waals surface area contributed by atoms with Crippen LogP contribution < -0.4 is 10.5 Å². The Labute approximate surface area is 95.0 Å². The summed E-state index contributed by atoms with van der Waals surface area (Å²) >= 11 is 0. The van der Waals surface area contributed by atoms with Gasteiger partial charge in [-0.1, -0.05) is 18.2 Å². The first-order valence-corrected chi connectivity index (χ1v) is 5.47. The maximum atomic E-state index is 11.4. The van der Waals surface area contributed by atoms with Crippen LogP contribution in [-0.2, 0) is 4.79 Å². The number of carbonyl (C=O) groups excluding carboxylic acids is 1. The molecule has 4 heteroatoms. The third-order valence-corrected chi connectivity index (χ3v) is 2.62. The Kier molecular flexibility index (Phi) is 3.41. The van der Waals surface area contributed by atoms with Crippen molar-refractivity contribution in [3.8, 4) is 5.75 Å². The molecule has 1 fully saturated rings. The van der Waals surface area contributed by atoms with Crippen LogP contribution in [0.3, 0.4) is 0 Å². The Bertz CT molecular complexity index is 353. The summed E-state index contributed by atoms with van der Waals surface area (Å²) in [5, 5.41) is 0. The lowest BCUT2D eigenvalue weighted by atomic mass is 10.3. The Morgan fingerprint density at radius 2 is 2.12 bits per heavy atom. The predicted octanol–water partition coefficient (Wildman–Crippen LogP) is 0.625. The van der Waals surface area contributed by atoms with Crippen LogP contribution in [0, 0.1) is 0 Å². The van der Waals surface area contributed by atoms with Crippen LogP contribution in [0.15, 0.2) is 30.3 Å². The summed E-state index contributed by atoms with van der Waals surface area (Å²) in [6.07, 6.45) is 0.464. The molecule has 0 unspecified atom stereocenters. The molecular formula is C12H16N2O2. The van der Waals surface area contributed by atoms with Crippen LogP contribution in [0.2, 0.25) is 0 Å². The first-order valence-electron chi connectivity index (χ1n) is 5.47. The minimum absolute atomic E-state index is 0.00998. The van der Waals surface area contributed by atoms with Crippen LogP contribution in [0.5, 0.6) is 5.75 Å². The standard InChI is InChI=1S/C12H16N2O2/c13-10-8-12(15)14(9-10)6-7-16-11-4-2-1-3-5-11/h1-5,10H,6-9,13H2/t10-/m0/s1. The van der Waals surface area contributed by atoms with E-state index in [4.69, 9.17) is 10.5 Å². The monoisotopic (exact) mass is 220 g/mol. The highest BCUT2D eigenvalue weighted by Crippen LogP contribution is 2.10. The second kappa shape index (κ2) is 4.99. The zero-order chi connectivity index (χ0) is 11.4. The Morgan fingerprint density at radius 1 is 1.38 bits per heavy atom. The molecular weight excluding hydrogens is 204 g/mol. The summed E-state index contributed by atoms with van der Waals surface area (Å²) < 4.78 is 5.52. The fraction of sp³-hybridized carbons (Fsp3) is 0.417.